The van der Waals surface area contributed by atoms with Crippen molar-refractivity contribution in [2.24, 2.45) is 4.99 Å². The highest BCUT2D eigenvalue weighted by molar-refractivity contribution is 7.60. The lowest BCUT2D eigenvalue weighted by atomic mass is 10.2. The normalized spacial score (nSPS) is 16.2. The maximum atomic E-state index is 13.6. The van der Waals surface area contributed by atoms with Gasteiger partial charge in [0.05, 0.1) is 35.1 Å². The lowest BCUT2D eigenvalue weighted by Crippen LogP contribution is -2.38. The van der Waals surface area contributed by atoms with E-state index in [2.05, 4.69) is 24.1 Å². The van der Waals surface area contributed by atoms with Crippen molar-refractivity contribution < 1.29 is 18.8 Å². The molecule has 2 heterocycles. The number of nitrogens with zero attached hydrogens (tertiary/aromatic N) is 4. The molecule has 0 spiro atoms. The van der Waals surface area contributed by atoms with E-state index >= 15 is 0 Å². The number of halogens is 1. The molecule has 2 N–H and O–H groups in total. The van der Waals surface area contributed by atoms with Crippen LogP contribution in [0.2, 0.25) is 5.02 Å². The van der Waals surface area contributed by atoms with E-state index < -0.39 is 13.4 Å². The summed E-state index contributed by atoms with van der Waals surface area (Å²) in [5.41, 5.74) is 1.83. The van der Waals surface area contributed by atoms with Crippen LogP contribution in [0, 0.1) is 0 Å². The van der Waals surface area contributed by atoms with Crippen molar-refractivity contribution in [3.05, 3.63) is 17.2 Å². The largest absolute Gasteiger partial charge is 0.462 e. The Balaban J connectivity index is 1.81. The number of esters is 1. The number of nitrogens with one attached hydrogen (secondary N) is 2. The Kier molecular flexibility index (Phi) is 7.07. The lowest BCUT2D eigenvalue weighted by molar-refractivity contribution is -0.145. The van der Waals surface area contributed by atoms with E-state index in [9.17, 15) is 9.36 Å². The fourth-order valence-electron chi connectivity index (χ4n) is 2.78. The highest BCUT2D eigenvalue weighted by atomic mass is 35.5. The van der Waals surface area contributed by atoms with Crippen molar-refractivity contribution in [1.29, 1.82) is 0 Å². The summed E-state index contributed by atoms with van der Waals surface area (Å²) in [6.45, 7) is 4.10. The molecule has 1 aliphatic rings. The zero-order valence-corrected chi connectivity index (χ0v) is 18.7. The molecule has 1 aromatic heterocycles. The molecule has 1 aromatic carbocycles. The Morgan fingerprint density at radius 1 is 1.41 bits per heavy atom. The first kappa shape index (κ1) is 21.9. The number of carbonyl (C=O) groups excluding carboxylic acids is 1. The van der Waals surface area contributed by atoms with E-state index in [1.807, 2.05) is 0 Å². The Morgan fingerprint density at radius 2 is 2.21 bits per heavy atom. The molecule has 10 nitrogen and oxygen atoms in total. The second-order valence-electron chi connectivity index (χ2n) is 6.50. The number of hydrogen-bond donors (Lipinski definition) is 2. The fraction of sp³-hybridized carbons (Fsp3) is 0.500. The van der Waals surface area contributed by atoms with E-state index in [-0.39, 0.29) is 19.0 Å². The van der Waals surface area contributed by atoms with Gasteiger partial charge in [0.25, 0.3) is 7.44 Å². The van der Waals surface area contributed by atoms with Crippen molar-refractivity contribution in [1.82, 2.24) is 18.5 Å². The van der Waals surface area contributed by atoms with Gasteiger partial charge in [-0.05, 0) is 26.0 Å². The van der Waals surface area contributed by atoms with Gasteiger partial charge in [-0.3, -0.25) is 19.0 Å². The smallest absolute Gasteiger partial charge is 0.320 e. The summed E-state index contributed by atoms with van der Waals surface area (Å²) < 4.78 is 33.9. The van der Waals surface area contributed by atoms with Gasteiger partial charge in [-0.1, -0.05) is 11.6 Å². The standard InChI is InChI=1S/C16H22ClN6O4PS/c1-10(2)27-13(24)8-19-28(25,9-26-3)23-7-6-18-16(23)20-14-11(17)4-5-12-15(14)22-29-21-12/h4-5,10H,6-9H2,1-3H3,(H,18,20)(H,19,25). The predicted molar refractivity (Wildman–Crippen MR) is 114 cm³/mol. The minimum Gasteiger partial charge on any atom is -0.462 e. The third-order valence-electron chi connectivity index (χ3n) is 3.96. The molecule has 0 saturated carbocycles. The molecular formula is C16H22ClN6O4PS. The van der Waals surface area contributed by atoms with E-state index in [1.165, 1.54) is 7.11 Å². The van der Waals surface area contributed by atoms with Crippen LogP contribution in [-0.4, -0.2) is 64.5 Å². The minimum absolute atomic E-state index is 0.112. The monoisotopic (exact) mass is 460 g/mol. The molecule has 158 valence electrons. The molecule has 0 bridgehead atoms. The summed E-state index contributed by atoms with van der Waals surface area (Å²) >= 11 is 7.42. The Morgan fingerprint density at radius 3 is 2.93 bits per heavy atom. The topological polar surface area (TPSA) is 118 Å². The molecule has 1 atom stereocenters. The number of carbonyl (C=O) groups is 1. The first-order valence-electron chi connectivity index (χ1n) is 8.87. The fourth-order valence-corrected chi connectivity index (χ4v) is 5.48. The van der Waals surface area contributed by atoms with Crippen molar-refractivity contribution in [3.63, 3.8) is 0 Å². The molecule has 0 aliphatic carbocycles. The molecule has 1 unspecified atom stereocenters. The van der Waals surface area contributed by atoms with Gasteiger partial charge in [-0.2, -0.15) is 8.75 Å². The number of ether oxygens (including phenoxy) is 2. The van der Waals surface area contributed by atoms with E-state index in [4.69, 9.17) is 21.1 Å². The highest BCUT2D eigenvalue weighted by Crippen LogP contribution is 2.47. The second-order valence-corrected chi connectivity index (χ2v) is 9.90. The maximum absolute atomic E-state index is 13.6. The van der Waals surface area contributed by atoms with Gasteiger partial charge < -0.3 is 14.8 Å². The number of aliphatic imine (C=N–C) groups is 1. The Labute approximate surface area is 177 Å². The number of fused-ring (bicyclic) bond motifs is 1. The summed E-state index contributed by atoms with van der Waals surface area (Å²) in [5.74, 6) is -0.138. The quantitative estimate of drug-likeness (QED) is 0.452. The lowest BCUT2D eigenvalue weighted by Gasteiger charge is -2.30. The minimum atomic E-state index is -3.33. The third-order valence-corrected chi connectivity index (χ3v) is 7.25. The average molecular weight is 461 g/mol. The Hall–Kier alpha value is -1.78. The molecule has 13 heteroatoms. The number of anilines is 1. The molecule has 0 amide bonds. The van der Waals surface area contributed by atoms with Crippen LogP contribution >= 0.6 is 30.8 Å². The van der Waals surface area contributed by atoms with E-state index in [0.717, 1.165) is 11.7 Å². The van der Waals surface area contributed by atoms with Crippen LogP contribution in [0.5, 0.6) is 0 Å². The molecule has 3 rings (SSSR count). The SMILES string of the molecule is COCP(=O)(NCC(=O)OC(C)C)N1CCN=C1Nc1c(Cl)ccc2nsnc12. The maximum Gasteiger partial charge on any atom is 0.320 e. The van der Waals surface area contributed by atoms with Gasteiger partial charge in [-0.15, -0.1) is 0 Å². The zero-order valence-electron chi connectivity index (χ0n) is 16.2. The summed E-state index contributed by atoms with van der Waals surface area (Å²) in [5, 5.41) is 6.38. The van der Waals surface area contributed by atoms with Crippen molar-refractivity contribution in [2.45, 2.75) is 20.0 Å². The van der Waals surface area contributed by atoms with Crippen LogP contribution in [0.15, 0.2) is 17.1 Å². The van der Waals surface area contributed by atoms with Crippen LogP contribution in [0.3, 0.4) is 0 Å². The van der Waals surface area contributed by atoms with Crippen molar-refractivity contribution in [2.75, 3.05) is 38.4 Å². The Bertz CT molecular complexity index is 968. The number of aromatic nitrogens is 2. The molecule has 2 aromatic rings. The van der Waals surface area contributed by atoms with Crippen LogP contribution < -0.4 is 10.4 Å². The van der Waals surface area contributed by atoms with Crippen LogP contribution in [0.25, 0.3) is 11.0 Å². The third kappa shape index (κ3) is 5.04. The number of hydrogen-bond acceptors (Lipinski definition) is 9. The summed E-state index contributed by atoms with van der Waals surface area (Å²) in [6.07, 6.45) is -0.371. The van der Waals surface area contributed by atoms with Gasteiger partial charge in [-0.25, -0.2) is 5.09 Å². The van der Waals surface area contributed by atoms with Gasteiger partial charge in [0.15, 0.2) is 0 Å². The van der Waals surface area contributed by atoms with Crippen LogP contribution in [-0.2, 0) is 18.8 Å². The summed E-state index contributed by atoms with van der Waals surface area (Å²) in [7, 11) is -1.88. The molecule has 1 aliphatic heterocycles. The predicted octanol–water partition coefficient (Wildman–Crippen LogP) is 2.77. The molecule has 0 radical (unpaired) electrons. The number of benzene rings is 1. The summed E-state index contributed by atoms with van der Waals surface area (Å²) in [6, 6.07) is 3.49. The molecule has 0 fully saturated rings. The van der Waals surface area contributed by atoms with Crippen molar-refractivity contribution in [3.8, 4) is 0 Å². The molecule has 0 saturated heterocycles. The molecular weight excluding hydrogens is 439 g/mol. The van der Waals surface area contributed by atoms with E-state index in [0.29, 0.717) is 40.8 Å². The number of guanidine groups is 1. The highest BCUT2D eigenvalue weighted by Gasteiger charge is 2.36. The van der Waals surface area contributed by atoms with Crippen LogP contribution in [0.1, 0.15) is 13.8 Å². The van der Waals surface area contributed by atoms with Gasteiger partial charge in [0.2, 0.25) is 5.96 Å². The van der Waals surface area contributed by atoms with Crippen LogP contribution in [0.4, 0.5) is 5.69 Å². The zero-order chi connectivity index (χ0) is 21.0. The second kappa shape index (κ2) is 9.36. The van der Waals surface area contributed by atoms with Crippen molar-refractivity contribution >= 4 is 59.4 Å². The van der Waals surface area contributed by atoms with Gasteiger partial charge >= 0.3 is 5.97 Å². The number of rotatable bonds is 8. The molecule has 29 heavy (non-hydrogen) atoms. The summed E-state index contributed by atoms with van der Waals surface area (Å²) in [4.78, 5) is 16.3. The number of methoxy groups -OCH3 is 1. The average Bonchev–Trinajstić information content (AvgIpc) is 3.31. The first-order valence-corrected chi connectivity index (χ1v) is 11.8. The van der Waals surface area contributed by atoms with E-state index in [1.54, 1.807) is 30.7 Å². The van der Waals surface area contributed by atoms with Gasteiger partial charge in [0, 0.05) is 13.7 Å². The van der Waals surface area contributed by atoms with Gasteiger partial charge in [0.1, 0.15) is 23.9 Å². The first-order chi connectivity index (χ1) is 13.8.